The molecule has 0 spiro atoms. The molecular formula is C17H21F3N2O3S. The van der Waals surface area contributed by atoms with Crippen LogP contribution in [0.2, 0.25) is 0 Å². The molecule has 2 heterocycles. The lowest BCUT2D eigenvalue weighted by atomic mass is 10.0. The van der Waals surface area contributed by atoms with Gasteiger partial charge in [-0.15, -0.1) is 0 Å². The molecule has 0 aromatic carbocycles. The number of alkyl halides is 3. The van der Waals surface area contributed by atoms with E-state index in [9.17, 15) is 18.0 Å². The minimum absolute atomic E-state index is 0.0222. The van der Waals surface area contributed by atoms with Crippen molar-refractivity contribution in [3.05, 3.63) is 29.7 Å². The van der Waals surface area contributed by atoms with Gasteiger partial charge in [-0.1, -0.05) is 0 Å². The van der Waals surface area contributed by atoms with Crippen molar-refractivity contribution in [2.75, 3.05) is 6.54 Å². The van der Waals surface area contributed by atoms with Crippen LogP contribution >= 0.6 is 12.0 Å². The standard InChI is InChI=1S/C17H21F3N2O3S/c1-11-8-13(25-26-17(18,19)20)9-21-14(11)12-6-5-7-22(10-12)15(23)24-16(2,3)4/h8-10H,5-7H2,1-4H3. The van der Waals surface area contributed by atoms with Crippen molar-refractivity contribution in [2.24, 2.45) is 0 Å². The minimum atomic E-state index is -4.48. The summed E-state index contributed by atoms with van der Waals surface area (Å²) in [6.07, 6.45) is 3.96. The maximum atomic E-state index is 12.2. The largest absolute Gasteiger partial charge is 0.479 e. The second kappa shape index (κ2) is 7.77. The fourth-order valence-electron chi connectivity index (χ4n) is 2.43. The Morgan fingerprint density at radius 1 is 1.31 bits per heavy atom. The Balaban J connectivity index is 2.15. The van der Waals surface area contributed by atoms with E-state index in [1.807, 2.05) is 0 Å². The third-order valence-electron chi connectivity index (χ3n) is 3.37. The molecular weight excluding hydrogens is 369 g/mol. The number of nitrogens with zero attached hydrogens (tertiary/aromatic N) is 2. The van der Waals surface area contributed by atoms with Crippen molar-refractivity contribution >= 4 is 23.7 Å². The molecule has 0 atom stereocenters. The Morgan fingerprint density at radius 2 is 2.00 bits per heavy atom. The summed E-state index contributed by atoms with van der Waals surface area (Å²) in [6.45, 7) is 7.66. The molecule has 0 saturated carbocycles. The molecule has 144 valence electrons. The van der Waals surface area contributed by atoms with Crippen molar-refractivity contribution in [1.29, 1.82) is 0 Å². The second-order valence-electron chi connectivity index (χ2n) is 6.88. The zero-order valence-electron chi connectivity index (χ0n) is 15.0. The molecule has 5 nitrogen and oxygen atoms in total. The molecule has 0 bridgehead atoms. The smallest absolute Gasteiger partial charge is 0.443 e. The number of hydrogen-bond donors (Lipinski definition) is 0. The first-order valence-corrected chi connectivity index (χ1v) is 8.78. The monoisotopic (exact) mass is 390 g/mol. The predicted molar refractivity (Wildman–Crippen MR) is 93.4 cm³/mol. The maximum absolute atomic E-state index is 12.2. The van der Waals surface area contributed by atoms with Crippen LogP contribution in [-0.4, -0.2) is 33.6 Å². The lowest BCUT2D eigenvalue weighted by Crippen LogP contribution is -2.35. The van der Waals surface area contributed by atoms with E-state index in [0.717, 1.165) is 12.0 Å². The normalized spacial score (nSPS) is 15.5. The molecule has 0 saturated heterocycles. The highest BCUT2D eigenvalue weighted by Crippen LogP contribution is 2.34. The SMILES string of the molecule is Cc1cc(OSC(F)(F)F)cnc1C1=CN(C(=O)OC(C)(C)C)CCC1. The third kappa shape index (κ3) is 6.12. The van der Waals surface area contributed by atoms with Crippen LogP contribution in [0.5, 0.6) is 5.75 Å². The fraction of sp³-hybridized carbons (Fsp3) is 0.529. The average molecular weight is 390 g/mol. The van der Waals surface area contributed by atoms with E-state index in [1.54, 1.807) is 33.9 Å². The lowest BCUT2D eigenvalue weighted by Gasteiger charge is -2.28. The van der Waals surface area contributed by atoms with E-state index in [2.05, 4.69) is 9.17 Å². The van der Waals surface area contributed by atoms with Gasteiger partial charge < -0.3 is 8.92 Å². The number of aromatic nitrogens is 1. The van der Waals surface area contributed by atoms with Gasteiger partial charge in [-0.2, -0.15) is 13.2 Å². The van der Waals surface area contributed by atoms with Crippen LogP contribution in [0.15, 0.2) is 18.5 Å². The van der Waals surface area contributed by atoms with E-state index in [1.165, 1.54) is 17.2 Å². The summed E-state index contributed by atoms with van der Waals surface area (Å²) in [5.74, 6) is 0.0222. The molecule has 1 aliphatic heterocycles. The van der Waals surface area contributed by atoms with Gasteiger partial charge in [-0.3, -0.25) is 9.88 Å². The first-order chi connectivity index (χ1) is 11.9. The van der Waals surface area contributed by atoms with Crippen LogP contribution in [0, 0.1) is 6.92 Å². The topological polar surface area (TPSA) is 51.7 Å². The molecule has 1 aromatic rings. The molecule has 9 heteroatoms. The maximum Gasteiger partial charge on any atom is 0.479 e. The van der Waals surface area contributed by atoms with Crippen LogP contribution in [0.3, 0.4) is 0 Å². The predicted octanol–water partition coefficient (Wildman–Crippen LogP) is 5.31. The molecule has 0 unspecified atom stereocenters. The lowest BCUT2D eigenvalue weighted by molar-refractivity contribution is -0.0369. The summed E-state index contributed by atoms with van der Waals surface area (Å²) in [4.78, 5) is 17.9. The summed E-state index contributed by atoms with van der Waals surface area (Å²) in [7, 11) is 0. The molecule has 26 heavy (non-hydrogen) atoms. The highest BCUT2D eigenvalue weighted by Gasteiger charge is 2.31. The molecule has 0 N–H and O–H groups in total. The molecule has 1 amide bonds. The van der Waals surface area contributed by atoms with Gasteiger partial charge in [0, 0.05) is 12.7 Å². The molecule has 2 rings (SSSR count). The summed E-state index contributed by atoms with van der Waals surface area (Å²) in [6, 6.07) is 1.49. The summed E-state index contributed by atoms with van der Waals surface area (Å²) in [5, 5.41) is 0. The Bertz CT molecular complexity index is 699. The van der Waals surface area contributed by atoms with E-state index in [0.29, 0.717) is 24.2 Å². The van der Waals surface area contributed by atoms with Crippen LogP contribution in [0.1, 0.15) is 44.9 Å². The number of allylic oxidation sites excluding steroid dienone is 1. The quantitative estimate of drug-likeness (QED) is 0.655. The minimum Gasteiger partial charge on any atom is -0.443 e. The van der Waals surface area contributed by atoms with Gasteiger partial charge in [0.25, 0.3) is 0 Å². The number of carbonyl (C=O) groups excluding carboxylic acids is 1. The van der Waals surface area contributed by atoms with Crippen LogP contribution < -0.4 is 4.18 Å². The van der Waals surface area contributed by atoms with Gasteiger partial charge in [0.1, 0.15) is 5.60 Å². The Labute approximate surface area is 154 Å². The number of pyridine rings is 1. The molecule has 0 fully saturated rings. The number of hydrogen-bond acceptors (Lipinski definition) is 5. The molecule has 1 aromatic heterocycles. The van der Waals surface area contributed by atoms with Crippen LogP contribution in [0.25, 0.3) is 5.57 Å². The van der Waals surface area contributed by atoms with Crippen molar-refractivity contribution in [3.8, 4) is 5.75 Å². The van der Waals surface area contributed by atoms with E-state index in [-0.39, 0.29) is 5.75 Å². The van der Waals surface area contributed by atoms with Crippen molar-refractivity contribution in [1.82, 2.24) is 9.88 Å². The fourth-order valence-corrected chi connectivity index (χ4v) is 2.71. The Kier molecular flexibility index (Phi) is 6.10. The number of amides is 1. The van der Waals surface area contributed by atoms with Gasteiger partial charge in [-0.05, 0) is 57.7 Å². The van der Waals surface area contributed by atoms with E-state index >= 15 is 0 Å². The average Bonchev–Trinajstić information content (AvgIpc) is 2.51. The summed E-state index contributed by atoms with van der Waals surface area (Å²) in [5.41, 5.74) is -2.95. The number of rotatable bonds is 3. The summed E-state index contributed by atoms with van der Waals surface area (Å²) >= 11 is -0.578. The Hall–Kier alpha value is -1.90. The third-order valence-corrected chi connectivity index (χ3v) is 3.84. The molecule has 1 aliphatic rings. The molecule has 0 radical (unpaired) electrons. The van der Waals surface area contributed by atoms with Gasteiger partial charge in [0.2, 0.25) is 0 Å². The van der Waals surface area contributed by atoms with E-state index in [4.69, 9.17) is 4.74 Å². The second-order valence-corrected chi connectivity index (χ2v) is 7.68. The van der Waals surface area contributed by atoms with Gasteiger partial charge in [0.05, 0.1) is 11.9 Å². The first-order valence-electron chi connectivity index (χ1n) is 8.04. The number of halogens is 3. The summed E-state index contributed by atoms with van der Waals surface area (Å²) < 4.78 is 46.6. The zero-order valence-corrected chi connectivity index (χ0v) is 15.8. The van der Waals surface area contributed by atoms with Crippen molar-refractivity contribution in [2.45, 2.75) is 51.6 Å². The van der Waals surface area contributed by atoms with Gasteiger partial charge in [0.15, 0.2) is 17.8 Å². The van der Waals surface area contributed by atoms with Gasteiger partial charge >= 0.3 is 11.6 Å². The van der Waals surface area contributed by atoms with E-state index < -0.39 is 29.2 Å². The number of ether oxygens (including phenoxy) is 1. The highest BCUT2D eigenvalue weighted by atomic mass is 32.2. The first kappa shape index (κ1) is 20.4. The van der Waals surface area contributed by atoms with Crippen molar-refractivity contribution < 1.29 is 26.9 Å². The molecule has 0 aliphatic carbocycles. The number of carbonyl (C=O) groups is 1. The van der Waals surface area contributed by atoms with Crippen LogP contribution in [-0.2, 0) is 4.74 Å². The van der Waals surface area contributed by atoms with Crippen molar-refractivity contribution in [3.63, 3.8) is 0 Å². The zero-order chi connectivity index (χ0) is 19.5. The van der Waals surface area contributed by atoms with Gasteiger partial charge in [-0.25, -0.2) is 4.79 Å². The highest BCUT2D eigenvalue weighted by molar-refractivity contribution is 7.95. The van der Waals surface area contributed by atoms with Crippen LogP contribution in [0.4, 0.5) is 18.0 Å². The Morgan fingerprint density at radius 3 is 2.58 bits per heavy atom. The number of aryl methyl sites for hydroxylation is 1.